The molecule has 206 valence electrons. The number of nitrogens with zero attached hydrogens (tertiary/aromatic N) is 4. The van der Waals surface area contributed by atoms with Gasteiger partial charge in [0.2, 0.25) is 0 Å². The topological polar surface area (TPSA) is 43.6 Å². The third-order valence-electron chi connectivity index (χ3n) is 8.25. The average molecular weight is 581 g/mol. The Kier molecular flexibility index (Phi) is 5.64. The van der Waals surface area contributed by atoms with Crippen molar-refractivity contribution in [2.24, 2.45) is 0 Å². The standard InChI is InChI=1S/C39H24N4S/c1-3-11-25(12-4-1)37-40-38(42-39(41-37)27-19-21-31-30-16-8-10-18-35(30)44-36(31)24-27)26-20-22-34-32(23-26)29-15-7-9-17-33(29)43(34)28-13-5-2-6-14-28/h1-24H. The summed E-state index contributed by atoms with van der Waals surface area (Å²) in [6.45, 7) is 0. The second kappa shape index (κ2) is 9.97. The summed E-state index contributed by atoms with van der Waals surface area (Å²) in [4.78, 5) is 15.1. The summed E-state index contributed by atoms with van der Waals surface area (Å²) in [7, 11) is 0. The number of hydrogen-bond acceptors (Lipinski definition) is 4. The fourth-order valence-corrected chi connectivity index (χ4v) is 7.33. The third kappa shape index (κ3) is 4.02. The summed E-state index contributed by atoms with van der Waals surface area (Å²) in [5.41, 5.74) is 6.35. The van der Waals surface area contributed by atoms with Gasteiger partial charge in [0, 0.05) is 53.3 Å². The van der Waals surface area contributed by atoms with E-state index in [9.17, 15) is 0 Å². The maximum atomic E-state index is 5.09. The lowest BCUT2D eigenvalue weighted by atomic mass is 10.1. The first-order valence-corrected chi connectivity index (χ1v) is 15.4. The van der Waals surface area contributed by atoms with Crippen LogP contribution in [0, 0.1) is 0 Å². The van der Waals surface area contributed by atoms with Crippen molar-refractivity contribution in [3.8, 4) is 39.9 Å². The summed E-state index contributed by atoms with van der Waals surface area (Å²) in [5.74, 6) is 1.98. The van der Waals surface area contributed by atoms with Crippen LogP contribution in [0.5, 0.6) is 0 Å². The summed E-state index contributed by atoms with van der Waals surface area (Å²) in [6, 6.07) is 50.9. The molecule has 0 aliphatic heterocycles. The zero-order valence-electron chi connectivity index (χ0n) is 23.6. The van der Waals surface area contributed by atoms with Crippen molar-refractivity contribution in [2.75, 3.05) is 0 Å². The van der Waals surface area contributed by atoms with Crippen molar-refractivity contribution in [3.05, 3.63) is 146 Å². The fraction of sp³-hybridized carbons (Fsp3) is 0. The number of aromatic nitrogens is 4. The van der Waals surface area contributed by atoms with E-state index in [1.54, 1.807) is 11.3 Å². The zero-order valence-corrected chi connectivity index (χ0v) is 24.4. The summed E-state index contributed by atoms with van der Waals surface area (Å²) in [5, 5.41) is 4.90. The van der Waals surface area contributed by atoms with Crippen LogP contribution in [-0.4, -0.2) is 19.5 Å². The molecule has 44 heavy (non-hydrogen) atoms. The van der Waals surface area contributed by atoms with E-state index in [0.29, 0.717) is 17.5 Å². The minimum atomic E-state index is 0.656. The molecule has 0 fully saturated rings. The second-order valence-corrected chi connectivity index (χ2v) is 12.0. The second-order valence-electron chi connectivity index (χ2n) is 10.9. The molecule has 0 unspecified atom stereocenters. The normalized spacial score (nSPS) is 11.6. The Morgan fingerprint density at radius 3 is 1.75 bits per heavy atom. The van der Waals surface area contributed by atoms with Gasteiger partial charge in [0.05, 0.1) is 11.0 Å². The van der Waals surface area contributed by atoms with Crippen molar-refractivity contribution in [1.29, 1.82) is 0 Å². The van der Waals surface area contributed by atoms with Crippen LogP contribution in [0.2, 0.25) is 0 Å². The van der Waals surface area contributed by atoms with E-state index >= 15 is 0 Å². The van der Waals surface area contributed by atoms with Gasteiger partial charge >= 0.3 is 0 Å². The number of hydrogen-bond donors (Lipinski definition) is 0. The van der Waals surface area contributed by atoms with Crippen LogP contribution in [0.3, 0.4) is 0 Å². The van der Waals surface area contributed by atoms with Crippen LogP contribution in [-0.2, 0) is 0 Å². The number of para-hydroxylation sites is 2. The predicted molar refractivity (Wildman–Crippen MR) is 183 cm³/mol. The molecular formula is C39H24N4S. The maximum absolute atomic E-state index is 5.09. The number of rotatable bonds is 4. The van der Waals surface area contributed by atoms with E-state index in [1.807, 2.05) is 18.2 Å². The summed E-state index contributed by atoms with van der Waals surface area (Å²) >= 11 is 1.80. The monoisotopic (exact) mass is 580 g/mol. The van der Waals surface area contributed by atoms with Crippen LogP contribution in [0.25, 0.3) is 81.8 Å². The molecule has 0 spiro atoms. The smallest absolute Gasteiger partial charge is 0.164 e. The summed E-state index contributed by atoms with van der Waals surface area (Å²) < 4.78 is 4.83. The molecule has 0 bridgehead atoms. The molecule has 9 aromatic rings. The van der Waals surface area contributed by atoms with Gasteiger partial charge in [-0.2, -0.15) is 0 Å². The molecule has 5 heteroatoms. The highest BCUT2D eigenvalue weighted by Gasteiger charge is 2.17. The molecular weight excluding hydrogens is 557 g/mol. The summed E-state index contributed by atoms with van der Waals surface area (Å²) in [6.07, 6.45) is 0. The Morgan fingerprint density at radius 2 is 0.955 bits per heavy atom. The molecule has 3 aromatic heterocycles. The number of fused-ring (bicyclic) bond motifs is 6. The third-order valence-corrected chi connectivity index (χ3v) is 9.38. The van der Waals surface area contributed by atoms with Crippen molar-refractivity contribution in [1.82, 2.24) is 19.5 Å². The van der Waals surface area contributed by atoms with E-state index < -0.39 is 0 Å². The van der Waals surface area contributed by atoms with Crippen molar-refractivity contribution >= 4 is 53.3 Å². The van der Waals surface area contributed by atoms with Crippen LogP contribution < -0.4 is 0 Å². The Hall–Kier alpha value is -5.65. The Morgan fingerprint density at radius 1 is 0.386 bits per heavy atom. The highest BCUT2D eigenvalue weighted by Crippen LogP contribution is 2.37. The van der Waals surface area contributed by atoms with E-state index in [-0.39, 0.29) is 0 Å². The molecule has 4 nitrogen and oxygen atoms in total. The van der Waals surface area contributed by atoms with Gasteiger partial charge in [-0.05, 0) is 48.5 Å². The van der Waals surface area contributed by atoms with Crippen LogP contribution in [0.1, 0.15) is 0 Å². The predicted octanol–water partition coefficient (Wildman–Crippen LogP) is 10.3. The van der Waals surface area contributed by atoms with Gasteiger partial charge in [-0.3, -0.25) is 0 Å². The van der Waals surface area contributed by atoms with Gasteiger partial charge in [0.15, 0.2) is 17.5 Å². The molecule has 9 rings (SSSR count). The number of benzene rings is 6. The van der Waals surface area contributed by atoms with Gasteiger partial charge in [-0.25, -0.2) is 15.0 Å². The first-order chi connectivity index (χ1) is 21.8. The molecule has 3 heterocycles. The minimum absolute atomic E-state index is 0.656. The zero-order chi connectivity index (χ0) is 29.0. The molecule has 0 aliphatic rings. The van der Waals surface area contributed by atoms with E-state index in [2.05, 4.69) is 132 Å². The van der Waals surface area contributed by atoms with Crippen molar-refractivity contribution < 1.29 is 0 Å². The molecule has 0 saturated heterocycles. The van der Waals surface area contributed by atoms with Gasteiger partial charge in [0.1, 0.15) is 0 Å². The van der Waals surface area contributed by atoms with Gasteiger partial charge in [-0.1, -0.05) is 97.1 Å². The highest BCUT2D eigenvalue weighted by molar-refractivity contribution is 7.25. The van der Waals surface area contributed by atoms with Crippen LogP contribution in [0.15, 0.2) is 146 Å². The number of thiophene rings is 1. The Bertz CT molecular complexity index is 2490. The van der Waals surface area contributed by atoms with E-state index in [0.717, 1.165) is 33.3 Å². The van der Waals surface area contributed by atoms with Gasteiger partial charge in [0.25, 0.3) is 0 Å². The molecule has 6 aromatic carbocycles. The maximum Gasteiger partial charge on any atom is 0.164 e. The Labute approximate surface area is 257 Å². The molecule has 0 radical (unpaired) electrons. The van der Waals surface area contributed by atoms with Gasteiger partial charge < -0.3 is 4.57 Å². The molecule has 0 amide bonds. The van der Waals surface area contributed by atoms with Crippen molar-refractivity contribution in [2.45, 2.75) is 0 Å². The lowest BCUT2D eigenvalue weighted by Crippen LogP contribution is -2.00. The molecule has 0 N–H and O–H groups in total. The minimum Gasteiger partial charge on any atom is -0.309 e. The largest absolute Gasteiger partial charge is 0.309 e. The lowest BCUT2D eigenvalue weighted by Gasteiger charge is -2.10. The Balaban J connectivity index is 1.25. The quantitative estimate of drug-likeness (QED) is 0.208. The first kappa shape index (κ1) is 24.9. The van der Waals surface area contributed by atoms with Gasteiger partial charge in [-0.15, -0.1) is 11.3 Å². The van der Waals surface area contributed by atoms with E-state index in [1.165, 1.54) is 31.1 Å². The average Bonchev–Trinajstić information content (AvgIpc) is 3.64. The lowest BCUT2D eigenvalue weighted by molar-refractivity contribution is 1.07. The first-order valence-electron chi connectivity index (χ1n) is 14.6. The molecule has 0 saturated carbocycles. The van der Waals surface area contributed by atoms with E-state index in [4.69, 9.17) is 15.0 Å². The molecule has 0 aliphatic carbocycles. The fourth-order valence-electron chi connectivity index (χ4n) is 6.18. The molecule has 0 atom stereocenters. The van der Waals surface area contributed by atoms with Crippen LogP contribution >= 0.6 is 11.3 Å². The van der Waals surface area contributed by atoms with Crippen LogP contribution in [0.4, 0.5) is 0 Å². The highest BCUT2D eigenvalue weighted by atomic mass is 32.1. The SMILES string of the molecule is c1ccc(-c2nc(-c3ccc4c(c3)sc3ccccc34)nc(-c3ccc4c(c3)c3ccccc3n4-c3ccccc3)n2)cc1. The van der Waals surface area contributed by atoms with Crippen molar-refractivity contribution in [3.63, 3.8) is 0 Å².